The van der Waals surface area contributed by atoms with Crippen LogP contribution in [-0.2, 0) is 11.2 Å². The second-order valence-corrected chi connectivity index (χ2v) is 5.60. The number of nitrogen functional groups attached to an aromatic ring is 1. The average molecular weight is 295 g/mol. The summed E-state index contributed by atoms with van der Waals surface area (Å²) in [6.07, 6.45) is 2.73. The molecule has 0 aliphatic carbocycles. The summed E-state index contributed by atoms with van der Waals surface area (Å²) in [4.78, 5) is 14.4. The first-order valence-corrected chi connectivity index (χ1v) is 7.71. The van der Waals surface area contributed by atoms with Crippen molar-refractivity contribution in [3.8, 4) is 0 Å². The summed E-state index contributed by atoms with van der Waals surface area (Å²) in [6, 6.07) is 15.8. The van der Waals surface area contributed by atoms with Crippen LogP contribution in [-0.4, -0.2) is 19.0 Å². The fraction of sp³-hybridized carbons (Fsp3) is 0.278. The molecule has 114 valence electrons. The minimum absolute atomic E-state index is 0.000884. The first-order valence-electron chi connectivity index (χ1n) is 7.71. The topological polar surface area (TPSA) is 58.4 Å². The number of carbonyl (C=O) groups excluding carboxylic acids is 1. The molecule has 0 spiro atoms. The van der Waals surface area contributed by atoms with Crippen molar-refractivity contribution in [3.05, 3.63) is 54.1 Å². The quantitative estimate of drug-likeness (QED) is 0.852. The van der Waals surface area contributed by atoms with Crippen LogP contribution < -0.4 is 16.0 Å². The molecular formula is C18H21N3O. The third-order valence-corrected chi connectivity index (χ3v) is 4.05. The van der Waals surface area contributed by atoms with Crippen molar-refractivity contribution in [2.75, 3.05) is 29.0 Å². The molecular weight excluding hydrogens is 274 g/mol. The van der Waals surface area contributed by atoms with Crippen LogP contribution in [0.25, 0.3) is 0 Å². The number of nitrogens with one attached hydrogen (secondary N) is 1. The fourth-order valence-corrected chi connectivity index (χ4v) is 2.90. The van der Waals surface area contributed by atoms with E-state index < -0.39 is 0 Å². The lowest BCUT2D eigenvalue weighted by atomic mass is 10.0. The predicted octanol–water partition coefficient (Wildman–Crippen LogP) is 3.05. The van der Waals surface area contributed by atoms with Crippen LogP contribution in [0.1, 0.15) is 18.4 Å². The third kappa shape index (κ3) is 3.22. The van der Waals surface area contributed by atoms with Gasteiger partial charge in [-0.1, -0.05) is 30.3 Å². The van der Waals surface area contributed by atoms with E-state index in [1.54, 1.807) is 6.07 Å². The maximum atomic E-state index is 12.1. The van der Waals surface area contributed by atoms with Crippen molar-refractivity contribution in [1.82, 2.24) is 0 Å². The van der Waals surface area contributed by atoms with Gasteiger partial charge in [-0.15, -0.1) is 0 Å². The third-order valence-electron chi connectivity index (χ3n) is 4.05. The minimum Gasteiger partial charge on any atom is -0.397 e. The molecule has 0 saturated carbocycles. The van der Waals surface area contributed by atoms with Crippen molar-refractivity contribution >= 4 is 23.0 Å². The lowest BCUT2D eigenvalue weighted by Gasteiger charge is -2.31. The number of hydrogen-bond acceptors (Lipinski definition) is 3. The van der Waals surface area contributed by atoms with Crippen molar-refractivity contribution in [2.45, 2.75) is 19.3 Å². The summed E-state index contributed by atoms with van der Waals surface area (Å²) in [7, 11) is 0. The fourth-order valence-electron chi connectivity index (χ4n) is 2.90. The van der Waals surface area contributed by atoms with Crippen molar-refractivity contribution < 1.29 is 4.79 Å². The second-order valence-electron chi connectivity index (χ2n) is 5.60. The van der Waals surface area contributed by atoms with Gasteiger partial charge < -0.3 is 16.0 Å². The van der Waals surface area contributed by atoms with Gasteiger partial charge in [-0.3, -0.25) is 4.79 Å². The Bertz CT molecular complexity index is 669. The van der Waals surface area contributed by atoms with Gasteiger partial charge in [0, 0.05) is 25.2 Å². The number of hydrogen-bond donors (Lipinski definition) is 2. The maximum absolute atomic E-state index is 12.1. The zero-order valence-corrected chi connectivity index (χ0v) is 12.6. The Morgan fingerprint density at radius 1 is 1.14 bits per heavy atom. The molecule has 0 atom stereocenters. The number of nitrogens with zero attached hydrogens (tertiary/aromatic N) is 1. The van der Waals surface area contributed by atoms with Crippen LogP contribution in [0, 0.1) is 0 Å². The lowest BCUT2D eigenvalue weighted by molar-refractivity contribution is -0.116. The number of aryl methyl sites for hydroxylation is 1. The highest BCUT2D eigenvalue weighted by molar-refractivity contribution is 5.94. The minimum atomic E-state index is 0.000884. The molecule has 1 heterocycles. The van der Waals surface area contributed by atoms with Crippen molar-refractivity contribution in [1.29, 1.82) is 0 Å². The molecule has 1 amide bonds. The SMILES string of the molecule is Nc1ccccc1NC(=O)CCN1CCCc2ccccc21. The summed E-state index contributed by atoms with van der Waals surface area (Å²) < 4.78 is 0. The van der Waals surface area contributed by atoms with Crippen LogP contribution in [0.3, 0.4) is 0 Å². The van der Waals surface area contributed by atoms with E-state index in [1.165, 1.54) is 11.3 Å². The zero-order chi connectivity index (χ0) is 15.4. The Balaban J connectivity index is 1.59. The Labute approximate surface area is 130 Å². The molecule has 4 nitrogen and oxygen atoms in total. The normalized spacial score (nSPS) is 13.5. The lowest BCUT2D eigenvalue weighted by Crippen LogP contribution is -2.32. The summed E-state index contributed by atoms with van der Waals surface area (Å²) >= 11 is 0. The van der Waals surface area contributed by atoms with E-state index in [2.05, 4.69) is 34.5 Å². The van der Waals surface area contributed by atoms with E-state index in [0.717, 1.165) is 25.9 Å². The van der Waals surface area contributed by atoms with Gasteiger partial charge in [-0.05, 0) is 36.6 Å². The number of para-hydroxylation sites is 3. The number of rotatable bonds is 4. The molecule has 0 aromatic heterocycles. The largest absolute Gasteiger partial charge is 0.397 e. The smallest absolute Gasteiger partial charge is 0.226 e. The van der Waals surface area contributed by atoms with Crippen LogP contribution in [0.5, 0.6) is 0 Å². The summed E-state index contributed by atoms with van der Waals surface area (Å²) in [5.41, 5.74) is 9.77. The number of fused-ring (bicyclic) bond motifs is 1. The zero-order valence-electron chi connectivity index (χ0n) is 12.6. The van der Waals surface area contributed by atoms with Crippen LogP contribution in [0.2, 0.25) is 0 Å². The first-order chi connectivity index (χ1) is 10.7. The van der Waals surface area contributed by atoms with E-state index in [9.17, 15) is 4.79 Å². The molecule has 0 unspecified atom stereocenters. The molecule has 4 heteroatoms. The molecule has 0 bridgehead atoms. The standard InChI is InChI=1S/C18H21N3O/c19-15-8-2-3-9-16(15)20-18(22)11-13-21-12-5-7-14-6-1-4-10-17(14)21/h1-4,6,8-10H,5,7,11-13,19H2,(H,20,22). The molecule has 0 saturated heterocycles. The van der Waals surface area contributed by atoms with E-state index >= 15 is 0 Å². The van der Waals surface area contributed by atoms with Crippen LogP contribution in [0.15, 0.2) is 48.5 Å². The number of benzene rings is 2. The first kappa shape index (κ1) is 14.4. The monoisotopic (exact) mass is 295 g/mol. The molecule has 0 radical (unpaired) electrons. The molecule has 3 rings (SSSR count). The van der Waals surface area contributed by atoms with Gasteiger partial charge in [0.25, 0.3) is 0 Å². The summed E-state index contributed by atoms with van der Waals surface area (Å²) in [6.45, 7) is 1.74. The highest BCUT2D eigenvalue weighted by atomic mass is 16.1. The van der Waals surface area contributed by atoms with Crippen LogP contribution in [0.4, 0.5) is 17.1 Å². The van der Waals surface area contributed by atoms with Gasteiger partial charge in [0.15, 0.2) is 0 Å². The van der Waals surface area contributed by atoms with E-state index in [-0.39, 0.29) is 5.91 Å². The van der Waals surface area contributed by atoms with Gasteiger partial charge in [-0.2, -0.15) is 0 Å². The highest BCUT2D eigenvalue weighted by Crippen LogP contribution is 2.26. The molecule has 2 aromatic rings. The molecule has 1 aliphatic heterocycles. The molecule has 2 aromatic carbocycles. The number of nitrogens with two attached hydrogens (primary N) is 1. The summed E-state index contributed by atoms with van der Waals surface area (Å²) in [5.74, 6) is 0.000884. The van der Waals surface area contributed by atoms with Crippen molar-refractivity contribution in [3.63, 3.8) is 0 Å². The van der Waals surface area contributed by atoms with Gasteiger partial charge in [0.2, 0.25) is 5.91 Å². The Hall–Kier alpha value is -2.49. The van der Waals surface area contributed by atoms with E-state index in [1.807, 2.05) is 18.2 Å². The maximum Gasteiger partial charge on any atom is 0.226 e. The van der Waals surface area contributed by atoms with Gasteiger partial charge >= 0.3 is 0 Å². The predicted molar refractivity (Wildman–Crippen MR) is 91.1 cm³/mol. The Morgan fingerprint density at radius 2 is 1.91 bits per heavy atom. The number of amides is 1. The van der Waals surface area contributed by atoms with Crippen molar-refractivity contribution in [2.24, 2.45) is 0 Å². The van der Waals surface area contributed by atoms with Gasteiger partial charge in [0.1, 0.15) is 0 Å². The molecule has 1 aliphatic rings. The van der Waals surface area contributed by atoms with Gasteiger partial charge in [-0.25, -0.2) is 0 Å². The van der Waals surface area contributed by atoms with Gasteiger partial charge in [0.05, 0.1) is 11.4 Å². The second kappa shape index (κ2) is 6.52. The number of carbonyl (C=O) groups is 1. The number of anilines is 3. The van der Waals surface area contributed by atoms with Crippen LogP contribution >= 0.6 is 0 Å². The molecule has 0 fully saturated rings. The van der Waals surface area contributed by atoms with E-state index in [0.29, 0.717) is 17.8 Å². The molecule has 22 heavy (non-hydrogen) atoms. The highest BCUT2D eigenvalue weighted by Gasteiger charge is 2.17. The Kier molecular flexibility index (Phi) is 4.28. The average Bonchev–Trinajstić information content (AvgIpc) is 2.55. The molecule has 3 N–H and O–H groups in total. The summed E-state index contributed by atoms with van der Waals surface area (Å²) in [5, 5.41) is 2.88. The Morgan fingerprint density at radius 3 is 2.77 bits per heavy atom. The van der Waals surface area contributed by atoms with E-state index in [4.69, 9.17) is 5.73 Å².